The molecule has 198 valence electrons. The molecular weight excluding hydrogens is 506 g/mol. The second-order valence-electron chi connectivity index (χ2n) is 9.19. The molecule has 0 saturated heterocycles. The first-order valence-electron chi connectivity index (χ1n) is 12.5. The van der Waals surface area contributed by atoms with E-state index >= 15 is 0 Å². The Morgan fingerprint density at radius 2 is 1.92 bits per heavy atom. The smallest absolute Gasteiger partial charge is 0.243 e. The first kappa shape index (κ1) is 28.7. The zero-order valence-corrected chi connectivity index (χ0v) is 23.5. The number of benzene rings is 1. The lowest BCUT2D eigenvalue weighted by Crippen LogP contribution is -2.30. The molecule has 0 saturated carbocycles. The normalized spacial score (nSPS) is 11.9. The third kappa shape index (κ3) is 7.11. The number of hydrogen-bond acceptors (Lipinski definition) is 7. The highest BCUT2D eigenvalue weighted by molar-refractivity contribution is 7.89. The zero-order valence-electron chi connectivity index (χ0n) is 21.9. The number of nitrogens with zero attached hydrogens (tertiary/aromatic N) is 7. The minimum Gasteiger partial charge on any atom is -0.300 e. The minimum atomic E-state index is -3.62. The maximum Gasteiger partial charge on any atom is 0.243 e. The van der Waals surface area contributed by atoms with Crippen LogP contribution in [0.2, 0.25) is 0 Å². The Labute approximate surface area is 225 Å². The predicted molar refractivity (Wildman–Crippen MR) is 146 cm³/mol. The van der Waals surface area contributed by atoms with Gasteiger partial charge in [-0.25, -0.2) is 13.1 Å². The molecule has 0 amide bonds. The van der Waals surface area contributed by atoms with Crippen molar-refractivity contribution in [1.82, 2.24) is 28.5 Å². The summed E-state index contributed by atoms with van der Waals surface area (Å²) < 4.78 is 32.0. The fraction of sp³-hybridized carbons (Fsp3) is 0.462. The molecule has 2 heterocycles. The van der Waals surface area contributed by atoms with Crippen LogP contribution in [0.4, 0.5) is 0 Å². The SMILES string of the molecule is CCN(CC)S(=O)(=O)c1cccc(-c2nn(CN(CCC#N)Cc3cccnc3)c(=S)n2CC(C)C)c1. The van der Waals surface area contributed by atoms with Gasteiger partial charge in [0, 0.05) is 57.1 Å². The second kappa shape index (κ2) is 13.1. The zero-order chi connectivity index (χ0) is 27.0. The monoisotopic (exact) mass is 541 g/mol. The van der Waals surface area contributed by atoms with Crippen molar-refractivity contribution in [2.45, 2.75) is 58.8 Å². The molecule has 0 aliphatic rings. The molecule has 37 heavy (non-hydrogen) atoms. The first-order valence-corrected chi connectivity index (χ1v) is 14.3. The van der Waals surface area contributed by atoms with Crippen LogP contribution in [0, 0.1) is 22.0 Å². The van der Waals surface area contributed by atoms with E-state index in [-0.39, 0.29) is 4.90 Å². The van der Waals surface area contributed by atoms with E-state index in [1.165, 1.54) is 4.31 Å². The molecule has 9 nitrogen and oxygen atoms in total. The molecule has 3 rings (SSSR count). The molecule has 0 bridgehead atoms. The predicted octanol–water partition coefficient (Wildman–Crippen LogP) is 4.54. The van der Waals surface area contributed by atoms with E-state index in [0.29, 0.717) is 67.9 Å². The average Bonchev–Trinajstić information content (AvgIpc) is 3.18. The van der Waals surface area contributed by atoms with Gasteiger partial charge in [-0.15, -0.1) is 0 Å². The van der Waals surface area contributed by atoms with Crippen LogP contribution in [-0.4, -0.2) is 56.6 Å². The molecule has 11 heteroatoms. The summed E-state index contributed by atoms with van der Waals surface area (Å²) in [6, 6.07) is 13.0. The molecule has 2 aromatic heterocycles. The van der Waals surface area contributed by atoms with Gasteiger partial charge in [-0.05, 0) is 41.9 Å². The van der Waals surface area contributed by atoms with Crippen molar-refractivity contribution in [3.63, 3.8) is 0 Å². The Bertz CT molecular complexity index is 1370. The Balaban J connectivity index is 2.03. The Hall–Kier alpha value is -2.91. The van der Waals surface area contributed by atoms with E-state index in [2.05, 4.69) is 29.8 Å². The van der Waals surface area contributed by atoms with Gasteiger partial charge in [0.2, 0.25) is 10.0 Å². The van der Waals surface area contributed by atoms with Crippen molar-refractivity contribution in [3.05, 3.63) is 59.1 Å². The number of hydrogen-bond donors (Lipinski definition) is 0. The molecule has 0 N–H and O–H groups in total. The standard InChI is InChI=1S/C26H35N7O2S2/c1-5-31(6-2)37(34,35)24-12-7-11-23(16-24)25-29-33(26(36)32(25)18-21(3)4)20-30(15-9-13-27)19-22-10-8-14-28-17-22/h7-8,10-12,14,16-17,21H,5-6,9,15,18-20H2,1-4H3. The van der Waals surface area contributed by atoms with Crippen molar-refractivity contribution in [3.8, 4) is 17.5 Å². The van der Waals surface area contributed by atoms with Crippen LogP contribution in [0.1, 0.15) is 39.7 Å². The van der Waals surface area contributed by atoms with Gasteiger partial charge in [0.15, 0.2) is 10.6 Å². The number of pyridine rings is 1. The van der Waals surface area contributed by atoms with E-state index in [1.807, 2.05) is 42.8 Å². The molecule has 1 aromatic carbocycles. The second-order valence-corrected chi connectivity index (χ2v) is 11.5. The lowest BCUT2D eigenvalue weighted by atomic mass is 10.2. The Morgan fingerprint density at radius 3 is 2.54 bits per heavy atom. The number of sulfonamides is 1. The lowest BCUT2D eigenvalue weighted by molar-refractivity contribution is 0.200. The Kier molecular flexibility index (Phi) is 10.1. The highest BCUT2D eigenvalue weighted by atomic mass is 32.2. The molecule has 0 spiro atoms. The number of nitriles is 1. The third-order valence-corrected chi connectivity index (χ3v) is 8.39. The van der Waals surface area contributed by atoms with Crippen LogP contribution in [-0.2, 0) is 29.8 Å². The molecule has 0 fully saturated rings. The summed E-state index contributed by atoms with van der Waals surface area (Å²) in [4.78, 5) is 6.53. The van der Waals surface area contributed by atoms with Gasteiger partial charge >= 0.3 is 0 Å². The fourth-order valence-corrected chi connectivity index (χ4v) is 5.90. The van der Waals surface area contributed by atoms with Crippen molar-refractivity contribution in [1.29, 1.82) is 5.26 Å². The largest absolute Gasteiger partial charge is 0.300 e. The van der Waals surface area contributed by atoms with E-state index in [9.17, 15) is 13.7 Å². The Morgan fingerprint density at radius 1 is 1.16 bits per heavy atom. The van der Waals surface area contributed by atoms with E-state index < -0.39 is 10.0 Å². The molecule has 0 unspecified atom stereocenters. The maximum atomic E-state index is 13.2. The number of aromatic nitrogens is 4. The molecule has 0 aliphatic heterocycles. The van der Waals surface area contributed by atoms with Crippen molar-refractivity contribution < 1.29 is 8.42 Å². The van der Waals surface area contributed by atoms with Gasteiger partial charge in [-0.1, -0.05) is 45.9 Å². The van der Waals surface area contributed by atoms with Crippen LogP contribution < -0.4 is 0 Å². The first-order chi connectivity index (χ1) is 17.7. The van der Waals surface area contributed by atoms with Crippen LogP contribution in [0.25, 0.3) is 11.4 Å². The summed E-state index contributed by atoms with van der Waals surface area (Å²) in [5.74, 6) is 0.924. The van der Waals surface area contributed by atoms with Gasteiger partial charge < -0.3 is 0 Å². The van der Waals surface area contributed by atoms with Crippen LogP contribution in [0.5, 0.6) is 0 Å². The average molecular weight is 542 g/mol. The van der Waals surface area contributed by atoms with Crippen LogP contribution >= 0.6 is 12.2 Å². The third-order valence-electron chi connectivity index (χ3n) is 5.91. The molecular formula is C26H35N7O2S2. The fourth-order valence-electron chi connectivity index (χ4n) is 4.13. The van der Waals surface area contributed by atoms with Gasteiger partial charge in [0.25, 0.3) is 0 Å². The quantitative estimate of drug-likeness (QED) is 0.293. The molecule has 0 aliphatic carbocycles. The number of rotatable bonds is 13. The lowest BCUT2D eigenvalue weighted by Gasteiger charge is -2.20. The molecule has 0 radical (unpaired) electrons. The van der Waals surface area contributed by atoms with Crippen LogP contribution in [0.3, 0.4) is 0 Å². The van der Waals surface area contributed by atoms with Gasteiger partial charge in [0.05, 0.1) is 17.6 Å². The van der Waals surface area contributed by atoms with Gasteiger partial charge in [0.1, 0.15) is 0 Å². The summed E-state index contributed by atoms with van der Waals surface area (Å²) in [6.07, 6.45) is 3.91. The van der Waals surface area contributed by atoms with Crippen molar-refractivity contribution >= 4 is 22.2 Å². The summed E-state index contributed by atoms with van der Waals surface area (Å²) in [5.41, 5.74) is 1.72. The summed E-state index contributed by atoms with van der Waals surface area (Å²) >= 11 is 5.85. The molecule has 0 atom stereocenters. The summed E-state index contributed by atoms with van der Waals surface area (Å²) in [6.45, 7) is 10.9. The maximum absolute atomic E-state index is 13.2. The van der Waals surface area contributed by atoms with Crippen molar-refractivity contribution in [2.75, 3.05) is 19.6 Å². The van der Waals surface area contributed by atoms with Crippen molar-refractivity contribution in [2.24, 2.45) is 5.92 Å². The van der Waals surface area contributed by atoms with E-state index in [1.54, 1.807) is 29.1 Å². The minimum absolute atomic E-state index is 0.234. The van der Waals surface area contributed by atoms with Gasteiger partial charge in [-0.3, -0.25) is 14.5 Å². The molecule has 3 aromatic rings. The van der Waals surface area contributed by atoms with E-state index in [4.69, 9.17) is 17.3 Å². The summed E-state index contributed by atoms with van der Waals surface area (Å²) in [5, 5.41) is 14.0. The topological polar surface area (TPSA) is 100 Å². The van der Waals surface area contributed by atoms with E-state index in [0.717, 1.165) is 5.56 Å². The van der Waals surface area contributed by atoms with Gasteiger partial charge in [-0.2, -0.15) is 14.7 Å². The highest BCUT2D eigenvalue weighted by Crippen LogP contribution is 2.25. The van der Waals surface area contributed by atoms with Crippen LogP contribution in [0.15, 0.2) is 53.7 Å². The highest BCUT2D eigenvalue weighted by Gasteiger charge is 2.23. The summed E-state index contributed by atoms with van der Waals surface area (Å²) in [7, 11) is -3.62.